The van der Waals surface area contributed by atoms with Gasteiger partial charge in [0.25, 0.3) is 0 Å². The summed E-state index contributed by atoms with van der Waals surface area (Å²) in [5.74, 6) is 0. The number of hydrogen-bond donors (Lipinski definition) is 2. The molecule has 19 heavy (non-hydrogen) atoms. The molecule has 1 unspecified atom stereocenters. The van der Waals surface area contributed by atoms with Gasteiger partial charge in [-0.15, -0.1) is 0 Å². The predicted molar refractivity (Wildman–Crippen MR) is 80.4 cm³/mol. The number of aliphatic hydroxyl groups excluding tert-OH is 1. The highest BCUT2D eigenvalue weighted by atomic mass is 16.3. The Labute approximate surface area is 116 Å². The quantitative estimate of drug-likeness (QED) is 0.875. The Morgan fingerprint density at radius 2 is 1.79 bits per heavy atom. The molecule has 1 aromatic carbocycles. The minimum Gasteiger partial charge on any atom is -0.389 e. The Balaban J connectivity index is 1.96. The maximum Gasteiger partial charge on any atom is 0.0781 e. The molecule has 1 aliphatic heterocycles. The highest BCUT2D eigenvalue weighted by Crippen LogP contribution is 2.25. The Kier molecular flexibility index (Phi) is 4.83. The van der Waals surface area contributed by atoms with Crippen molar-refractivity contribution in [2.45, 2.75) is 51.8 Å². The molecule has 1 aliphatic rings. The molecule has 1 aromatic rings. The Morgan fingerprint density at radius 3 is 2.37 bits per heavy atom. The van der Waals surface area contributed by atoms with Gasteiger partial charge >= 0.3 is 0 Å². The first-order chi connectivity index (χ1) is 9.08. The lowest BCUT2D eigenvalue weighted by Gasteiger charge is -2.35. The zero-order chi connectivity index (χ0) is 13.8. The van der Waals surface area contributed by atoms with Gasteiger partial charge in [0.15, 0.2) is 0 Å². The fraction of sp³-hybridized carbons (Fsp3) is 0.625. The normalized spacial score (nSPS) is 19.6. The van der Waals surface area contributed by atoms with Crippen LogP contribution in [-0.2, 0) is 0 Å². The second kappa shape index (κ2) is 6.40. The number of hydrogen-bond acceptors (Lipinski definition) is 3. The summed E-state index contributed by atoms with van der Waals surface area (Å²) in [7, 11) is 0. The standard InChI is InChI=1S/C16H26N2O/c1-12(2)18-10-8-14(9-11-18)17-16-7-5-4-6-15(16)13(3)19/h4-7,12-14,17,19H,8-11H2,1-3H3. The zero-order valence-corrected chi connectivity index (χ0v) is 12.3. The number of piperidine rings is 1. The van der Waals surface area contributed by atoms with Crippen LogP contribution in [0, 0.1) is 0 Å². The van der Waals surface area contributed by atoms with Crippen LogP contribution in [-0.4, -0.2) is 35.2 Å². The van der Waals surface area contributed by atoms with Crippen molar-refractivity contribution in [3.05, 3.63) is 29.8 Å². The van der Waals surface area contributed by atoms with Crippen LogP contribution in [0.2, 0.25) is 0 Å². The number of aliphatic hydroxyl groups is 1. The van der Waals surface area contributed by atoms with E-state index in [4.69, 9.17) is 0 Å². The first-order valence-corrected chi connectivity index (χ1v) is 7.35. The van der Waals surface area contributed by atoms with E-state index in [0.717, 1.165) is 24.3 Å². The van der Waals surface area contributed by atoms with E-state index in [-0.39, 0.29) is 0 Å². The first-order valence-electron chi connectivity index (χ1n) is 7.35. The van der Waals surface area contributed by atoms with Crippen LogP contribution in [0.15, 0.2) is 24.3 Å². The van der Waals surface area contributed by atoms with Crippen molar-refractivity contribution in [3.8, 4) is 0 Å². The van der Waals surface area contributed by atoms with Crippen LogP contribution in [0.25, 0.3) is 0 Å². The number of rotatable bonds is 4. The molecule has 0 radical (unpaired) electrons. The number of para-hydroxylation sites is 1. The van der Waals surface area contributed by atoms with Gasteiger partial charge in [0.05, 0.1) is 6.10 Å². The number of benzene rings is 1. The highest BCUT2D eigenvalue weighted by Gasteiger charge is 2.21. The van der Waals surface area contributed by atoms with Gasteiger partial charge in [0.2, 0.25) is 0 Å². The van der Waals surface area contributed by atoms with Gasteiger partial charge in [-0.05, 0) is 39.7 Å². The summed E-state index contributed by atoms with van der Waals surface area (Å²) in [4.78, 5) is 2.53. The molecule has 1 atom stereocenters. The molecule has 1 heterocycles. The maximum absolute atomic E-state index is 9.80. The minimum absolute atomic E-state index is 0.417. The number of anilines is 1. The fourth-order valence-corrected chi connectivity index (χ4v) is 2.77. The molecule has 1 saturated heterocycles. The van der Waals surface area contributed by atoms with Crippen molar-refractivity contribution in [1.82, 2.24) is 4.90 Å². The molecule has 0 aliphatic carbocycles. The lowest BCUT2D eigenvalue weighted by molar-refractivity contribution is 0.177. The van der Waals surface area contributed by atoms with Crippen molar-refractivity contribution < 1.29 is 5.11 Å². The third-order valence-electron chi connectivity index (χ3n) is 4.03. The molecule has 106 valence electrons. The van der Waals surface area contributed by atoms with Gasteiger partial charge in [-0.3, -0.25) is 0 Å². The molecule has 0 spiro atoms. The largest absolute Gasteiger partial charge is 0.389 e. The average Bonchev–Trinajstić information content (AvgIpc) is 2.39. The van der Waals surface area contributed by atoms with Crippen LogP contribution in [0.3, 0.4) is 0 Å². The van der Waals surface area contributed by atoms with Crippen molar-refractivity contribution in [3.63, 3.8) is 0 Å². The van der Waals surface area contributed by atoms with E-state index in [1.807, 2.05) is 25.1 Å². The number of nitrogens with zero attached hydrogens (tertiary/aromatic N) is 1. The number of likely N-dealkylation sites (tertiary alicyclic amines) is 1. The molecule has 0 amide bonds. The fourth-order valence-electron chi connectivity index (χ4n) is 2.77. The Morgan fingerprint density at radius 1 is 1.16 bits per heavy atom. The summed E-state index contributed by atoms with van der Waals surface area (Å²) in [6.45, 7) is 8.66. The molecule has 3 nitrogen and oxygen atoms in total. The average molecular weight is 262 g/mol. The third kappa shape index (κ3) is 3.71. The predicted octanol–water partition coefficient (Wildman–Crippen LogP) is 3.02. The molecular weight excluding hydrogens is 236 g/mol. The lowest BCUT2D eigenvalue weighted by Crippen LogP contribution is -2.42. The second-order valence-electron chi connectivity index (χ2n) is 5.81. The summed E-state index contributed by atoms with van der Waals surface area (Å²) in [6, 6.07) is 9.24. The Hall–Kier alpha value is -1.06. The van der Waals surface area contributed by atoms with Crippen LogP contribution in [0.4, 0.5) is 5.69 Å². The van der Waals surface area contributed by atoms with Crippen LogP contribution < -0.4 is 5.32 Å². The maximum atomic E-state index is 9.80. The van der Waals surface area contributed by atoms with Gasteiger partial charge in [-0.2, -0.15) is 0 Å². The molecule has 0 bridgehead atoms. The van der Waals surface area contributed by atoms with E-state index in [1.165, 1.54) is 12.8 Å². The van der Waals surface area contributed by atoms with E-state index in [9.17, 15) is 5.11 Å². The van der Waals surface area contributed by atoms with Gasteiger partial charge in [0.1, 0.15) is 0 Å². The van der Waals surface area contributed by atoms with Gasteiger partial charge < -0.3 is 15.3 Å². The van der Waals surface area contributed by atoms with Crippen LogP contribution in [0.1, 0.15) is 45.3 Å². The topological polar surface area (TPSA) is 35.5 Å². The summed E-state index contributed by atoms with van der Waals surface area (Å²) in [5.41, 5.74) is 2.08. The van der Waals surface area contributed by atoms with Crippen LogP contribution >= 0.6 is 0 Å². The summed E-state index contributed by atoms with van der Waals surface area (Å²) < 4.78 is 0. The van der Waals surface area contributed by atoms with E-state index in [0.29, 0.717) is 12.1 Å². The molecule has 3 heteroatoms. The smallest absolute Gasteiger partial charge is 0.0781 e. The van der Waals surface area contributed by atoms with E-state index >= 15 is 0 Å². The summed E-state index contributed by atoms with van der Waals surface area (Å²) in [6.07, 6.45) is 1.93. The molecular formula is C16H26N2O. The SMILES string of the molecule is CC(O)c1ccccc1NC1CCN(C(C)C)CC1. The monoisotopic (exact) mass is 262 g/mol. The molecule has 2 N–H and O–H groups in total. The zero-order valence-electron chi connectivity index (χ0n) is 12.3. The van der Waals surface area contributed by atoms with Crippen molar-refractivity contribution in [2.24, 2.45) is 0 Å². The van der Waals surface area contributed by atoms with Gasteiger partial charge in [0, 0.05) is 36.4 Å². The van der Waals surface area contributed by atoms with Gasteiger partial charge in [-0.25, -0.2) is 0 Å². The first kappa shape index (κ1) is 14.4. The highest BCUT2D eigenvalue weighted by molar-refractivity contribution is 5.52. The third-order valence-corrected chi connectivity index (χ3v) is 4.03. The summed E-state index contributed by atoms with van der Waals surface area (Å²) >= 11 is 0. The minimum atomic E-state index is -0.417. The molecule has 1 fully saturated rings. The second-order valence-corrected chi connectivity index (χ2v) is 5.81. The molecule has 0 saturated carbocycles. The van der Waals surface area contributed by atoms with E-state index in [2.05, 4.69) is 30.1 Å². The van der Waals surface area contributed by atoms with Crippen LogP contribution in [0.5, 0.6) is 0 Å². The Bertz CT molecular complexity index is 395. The van der Waals surface area contributed by atoms with E-state index in [1.54, 1.807) is 0 Å². The van der Waals surface area contributed by atoms with Gasteiger partial charge in [-0.1, -0.05) is 18.2 Å². The van der Waals surface area contributed by atoms with Crippen molar-refractivity contribution >= 4 is 5.69 Å². The van der Waals surface area contributed by atoms with Crippen molar-refractivity contribution in [2.75, 3.05) is 18.4 Å². The van der Waals surface area contributed by atoms with Crippen molar-refractivity contribution in [1.29, 1.82) is 0 Å². The molecule has 2 rings (SSSR count). The summed E-state index contributed by atoms with van der Waals surface area (Å²) in [5, 5.41) is 13.4. The number of nitrogens with one attached hydrogen (secondary N) is 1. The molecule has 0 aromatic heterocycles. The lowest BCUT2D eigenvalue weighted by atomic mass is 10.0. The van der Waals surface area contributed by atoms with E-state index < -0.39 is 6.10 Å².